The molecule has 3 nitrogen and oxygen atoms in total. The van der Waals surface area contributed by atoms with Gasteiger partial charge in [-0.1, -0.05) is 6.92 Å². The van der Waals surface area contributed by atoms with Gasteiger partial charge in [-0.3, -0.25) is 0 Å². The lowest BCUT2D eigenvalue weighted by atomic mass is 10.5. The molecule has 0 radical (unpaired) electrons. The van der Waals surface area contributed by atoms with Gasteiger partial charge in [0, 0.05) is 19.0 Å². The quantitative estimate of drug-likeness (QED) is 0.522. The first kappa shape index (κ1) is 9.55. The van der Waals surface area contributed by atoms with Gasteiger partial charge in [0.1, 0.15) is 12.6 Å². The Labute approximate surface area is 77.3 Å². The normalized spacial score (nSPS) is 10.5. The van der Waals surface area contributed by atoms with Gasteiger partial charge in [0.05, 0.1) is 5.88 Å². The Morgan fingerprint density at radius 3 is 3.17 bits per heavy atom. The summed E-state index contributed by atoms with van der Waals surface area (Å²) in [5, 5.41) is 0. The van der Waals surface area contributed by atoms with Crippen LogP contribution in [-0.2, 0) is 17.3 Å². The van der Waals surface area contributed by atoms with Gasteiger partial charge < -0.3 is 9.30 Å². The highest BCUT2D eigenvalue weighted by molar-refractivity contribution is 6.16. The minimum Gasteiger partial charge on any atom is -0.361 e. The zero-order chi connectivity index (χ0) is 8.81. The molecule has 1 heterocycles. The van der Waals surface area contributed by atoms with Crippen molar-refractivity contribution < 1.29 is 4.74 Å². The van der Waals surface area contributed by atoms with E-state index in [1.165, 1.54) is 0 Å². The van der Waals surface area contributed by atoms with Crippen molar-refractivity contribution in [2.24, 2.45) is 0 Å². The molecule has 0 unspecified atom stereocenters. The zero-order valence-electron chi connectivity index (χ0n) is 7.16. The molecule has 4 heteroatoms. The smallest absolute Gasteiger partial charge is 0.125 e. The number of aromatic nitrogens is 2. The van der Waals surface area contributed by atoms with E-state index in [1.807, 2.05) is 10.8 Å². The average Bonchev–Trinajstić information content (AvgIpc) is 2.52. The van der Waals surface area contributed by atoms with Crippen LogP contribution in [-0.4, -0.2) is 16.2 Å². The first-order chi connectivity index (χ1) is 5.88. The first-order valence-corrected chi connectivity index (χ1v) is 4.55. The molecule has 0 atom stereocenters. The highest BCUT2D eigenvalue weighted by atomic mass is 35.5. The van der Waals surface area contributed by atoms with Gasteiger partial charge in [-0.05, 0) is 6.42 Å². The van der Waals surface area contributed by atoms with Crippen LogP contribution in [0.2, 0.25) is 0 Å². The van der Waals surface area contributed by atoms with E-state index in [1.54, 1.807) is 6.20 Å². The molecule has 0 aliphatic heterocycles. The summed E-state index contributed by atoms with van der Waals surface area (Å²) < 4.78 is 7.24. The molecule has 0 aromatic carbocycles. The second-order valence-electron chi connectivity index (χ2n) is 2.48. The Bertz CT molecular complexity index is 225. The SMILES string of the molecule is CCCOCn1ccnc1CCl. The van der Waals surface area contributed by atoms with Crippen molar-refractivity contribution in [1.29, 1.82) is 0 Å². The fraction of sp³-hybridized carbons (Fsp3) is 0.625. The number of hydrogen-bond donors (Lipinski definition) is 0. The predicted octanol–water partition coefficient (Wildman–Crippen LogP) is 2.01. The number of halogens is 1. The molecule has 0 bridgehead atoms. The van der Waals surface area contributed by atoms with Crippen LogP contribution in [0.5, 0.6) is 0 Å². The molecule has 12 heavy (non-hydrogen) atoms. The van der Waals surface area contributed by atoms with Crippen LogP contribution >= 0.6 is 11.6 Å². The minimum atomic E-state index is 0.433. The van der Waals surface area contributed by atoms with E-state index in [-0.39, 0.29) is 0 Å². The molecule has 0 amide bonds. The number of alkyl halides is 1. The Balaban J connectivity index is 2.39. The molecule has 0 aliphatic carbocycles. The van der Waals surface area contributed by atoms with Crippen LogP contribution in [0.4, 0.5) is 0 Å². The highest BCUT2D eigenvalue weighted by Crippen LogP contribution is 2.01. The average molecular weight is 189 g/mol. The van der Waals surface area contributed by atoms with Crippen LogP contribution in [0.15, 0.2) is 12.4 Å². The highest BCUT2D eigenvalue weighted by Gasteiger charge is 1.98. The fourth-order valence-electron chi connectivity index (χ4n) is 0.896. The van der Waals surface area contributed by atoms with Gasteiger partial charge in [-0.2, -0.15) is 0 Å². The molecule has 0 spiro atoms. The van der Waals surface area contributed by atoms with Gasteiger partial charge in [0.15, 0.2) is 0 Å². The topological polar surface area (TPSA) is 27.1 Å². The maximum Gasteiger partial charge on any atom is 0.125 e. The number of ether oxygens (including phenoxy) is 1. The van der Waals surface area contributed by atoms with Crippen molar-refractivity contribution in [2.75, 3.05) is 6.61 Å². The zero-order valence-corrected chi connectivity index (χ0v) is 7.92. The molecule has 0 saturated carbocycles. The minimum absolute atomic E-state index is 0.433. The molecule has 0 fully saturated rings. The van der Waals surface area contributed by atoms with Crippen LogP contribution < -0.4 is 0 Å². The van der Waals surface area contributed by atoms with E-state index in [0.717, 1.165) is 18.9 Å². The summed E-state index contributed by atoms with van der Waals surface area (Å²) in [5.74, 6) is 1.29. The lowest BCUT2D eigenvalue weighted by Crippen LogP contribution is -2.05. The summed E-state index contributed by atoms with van der Waals surface area (Å²) in [5.41, 5.74) is 0. The Hall–Kier alpha value is -0.540. The van der Waals surface area contributed by atoms with E-state index >= 15 is 0 Å². The Morgan fingerprint density at radius 1 is 1.67 bits per heavy atom. The van der Waals surface area contributed by atoms with Gasteiger partial charge in [-0.15, -0.1) is 11.6 Å². The molecule has 0 N–H and O–H groups in total. The van der Waals surface area contributed by atoms with E-state index in [2.05, 4.69) is 11.9 Å². The van der Waals surface area contributed by atoms with Crippen LogP contribution in [0.3, 0.4) is 0 Å². The van der Waals surface area contributed by atoms with E-state index in [9.17, 15) is 0 Å². The van der Waals surface area contributed by atoms with E-state index in [0.29, 0.717) is 12.6 Å². The number of rotatable bonds is 5. The maximum absolute atomic E-state index is 5.65. The molecule has 0 saturated heterocycles. The maximum atomic E-state index is 5.65. The van der Waals surface area contributed by atoms with E-state index < -0.39 is 0 Å². The third-order valence-electron chi connectivity index (χ3n) is 1.50. The third kappa shape index (κ3) is 2.50. The summed E-state index contributed by atoms with van der Waals surface area (Å²) in [6.45, 7) is 3.41. The second kappa shape index (κ2) is 5.17. The molecule has 0 aliphatic rings. The number of hydrogen-bond acceptors (Lipinski definition) is 2. The monoisotopic (exact) mass is 188 g/mol. The standard InChI is InChI=1S/C8H13ClN2O/c1-2-5-12-7-11-4-3-10-8(11)6-9/h3-4H,2,5-7H2,1H3. The third-order valence-corrected chi connectivity index (χ3v) is 1.74. The van der Waals surface area contributed by atoms with Crippen molar-refractivity contribution >= 4 is 11.6 Å². The Kier molecular flexibility index (Phi) is 4.11. The lowest BCUT2D eigenvalue weighted by molar-refractivity contribution is 0.0760. The molecule has 68 valence electrons. The van der Waals surface area contributed by atoms with Gasteiger partial charge in [0.2, 0.25) is 0 Å². The molecular formula is C8H13ClN2O. The van der Waals surface area contributed by atoms with Gasteiger partial charge in [-0.25, -0.2) is 4.98 Å². The Morgan fingerprint density at radius 2 is 2.50 bits per heavy atom. The van der Waals surface area contributed by atoms with Gasteiger partial charge >= 0.3 is 0 Å². The van der Waals surface area contributed by atoms with Gasteiger partial charge in [0.25, 0.3) is 0 Å². The van der Waals surface area contributed by atoms with Crippen LogP contribution in [0.1, 0.15) is 19.2 Å². The van der Waals surface area contributed by atoms with E-state index in [4.69, 9.17) is 16.3 Å². The summed E-state index contributed by atoms with van der Waals surface area (Å²) >= 11 is 5.65. The summed E-state index contributed by atoms with van der Waals surface area (Å²) in [4.78, 5) is 4.06. The largest absolute Gasteiger partial charge is 0.361 e. The summed E-state index contributed by atoms with van der Waals surface area (Å²) in [7, 11) is 0. The second-order valence-corrected chi connectivity index (χ2v) is 2.75. The lowest BCUT2D eigenvalue weighted by Gasteiger charge is -2.05. The van der Waals surface area contributed by atoms with Crippen molar-refractivity contribution in [3.05, 3.63) is 18.2 Å². The van der Waals surface area contributed by atoms with Crippen LogP contribution in [0.25, 0.3) is 0 Å². The van der Waals surface area contributed by atoms with Crippen molar-refractivity contribution in [3.63, 3.8) is 0 Å². The number of nitrogens with zero attached hydrogens (tertiary/aromatic N) is 2. The molecular weight excluding hydrogens is 176 g/mol. The molecule has 1 aromatic heterocycles. The molecule has 1 aromatic rings. The van der Waals surface area contributed by atoms with Crippen molar-refractivity contribution in [3.8, 4) is 0 Å². The van der Waals surface area contributed by atoms with Crippen LogP contribution in [0, 0.1) is 0 Å². The van der Waals surface area contributed by atoms with Crippen molar-refractivity contribution in [2.45, 2.75) is 26.0 Å². The molecule has 1 rings (SSSR count). The summed E-state index contributed by atoms with van der Waals surface area (Å²) in [6.07, 6.45) is 4.63. The summed E-state index contributed by atoms with van der Waals surface area (Å²) in [6, 6.07) is 0. The van der Waals surface area contributed by atoms with Crippen molar-refractivity contribution in [1.82, 2.24) is 9.55 Å². The number of imidazole rings is 1. The fourth-order valence-corrected chi connectivity index (χ4v) is 1.12. The first-order valence-electron chi connectivity index (χ1n) is 4.02. The predicted molar refractivity (Wildman–Crippen MR) is 48.0 cm³/mol.